The number of amides is 2. The highest BCUT2D eigenvalue weighted by atomic mass is 35.5. The van der Waals surface area contributed by atoms with Gasteiger partial charge in [0.25, 0.3) is 11.8 Å². The lowest BCUT2D eigenvalue weighted by Crippen LogP contribution is -2.28. The number of benzene rings is 3. The Morgan fingerprint density at radius 3 is 2.53 bits per heavy atom. The summed E-state index contributed by atoms with van der Waals surface area (Å²) >= 11 is 7.69. The third kappa shape index (κ3) is 6.27. The van der Waals surface area contributed by atoms with Gasteiger partial charge in [0.2, 0.25) is 0 Å². The molecule has 9 heteroatoms. The summed E-state index contributed by atoms with van der Waals surface area (Å²) in [5.74, 6) is 0.705. The number of halogens is 1. The second-order valence-corrected chi connectivity index (χ2v) is 9.06. The van der Waals surface area contributed by atoms with Crippen molar-refractivity contribution in [3.05, 3.63) is 88.3 Å². The Kier molecular flexibility index (Phi) is 8.30. The zero-order chi connectivity index (χ0) is 25.5. The number of ether oxygens (including phenoxy) is 2. The number of carbonyl (C=O) groups is 2. The molecule has 0 aliphatic carbocycles. The molecule has 36 heavy (non-hydrogen) atoms. The van der Waals surface area contributed by atoms with Crippen molar-refractivity contribution in [3.63, 3.8) is 0 Å². The molecule has 0 spiro atoms. The van der Waals surface area contributed by atoms with Gasteiger partial charge in [-0.15, -0.1) is 0 Å². The highest BCUT2D eigenvalue weighted by molar-refractivity contribution is 8.18. The van der Waals surface area contributed by atoms with Gasteiger partial charge >= 0.3 is 0 Å². The van der Waals surface area contributed by atoms with Crippen molar-refractivity contribution < 1.29 is 19.1 Å². The zero-order valence-corrected chi connectivity index (χ0v) is 21.3. The van der Waals surface area contributed by atoms with Crippen LogP contribution in [0.4, 0.5) is 11.4 Å². The number of para-hydroxylation sites is 1. The second kappa shape index (κ2) is 11.8. The minimum Gasteiger partial charge on any atom is -0.497 e. The van der Waals surface area contributed by atoms with E-state index in [2.05, 4.69) is 10.3 Å². The number of anilines is 1. The van der Waals surface area contributed by atoms with Gasteiger partial charge in [-0.2, -0.15) is 0 Å². The van der Waals surface area contributed by atoms with Gasteiger partial charge in [-0.3, -0.25) is 14.5 Å². The number of rotatable bonds is 8. The Morgan fingerprint density at radius 1 is 1.11 bits per heavy atom. The molecule has 7 nitrogen and oxygen atoms in total. The number of hydrogen-bond donors (Lipinski definition) is 1. The van der Waals surface area contributed by atoms with Crippen molar-refractivity contribution >= 4 is 57.8 Å². The van der Waals surface area contributed by atoms with Crippen LogP contribution in [0.2, 0.25) is 5.02 Å². The first-order valence-corrected chi connectivity index (χ1v) is 12.4. The highest BCUT2D eigenvalue weighted by Gasteiger charge is 2.32. The Labute approximate surface area is 218 Å². The fourth-order valence-electron chi connectivity index (χ4n) is 3.37. The van der Waals surface area contributed by atoms with E-state index in [1.807, 2.05) is 49.4 Å². The van der Waals surface area contributed by atoms with Crippen LogP contribution in [-0.4, -0.2) is 42.1 Å². The van der Waals surface area contributed by atoms with E-state index in [0.29, 0.717) is 33.1 Å². The standard InChI is InChI=1S/C27H24ClN3O4S/c1-3-31-26(33)24(36-27(31)30-20-10-12-21(34-2)13-11-20)16-18-9-14-23(22(28)15-18)35-17-25(32)29-19-7-5-4-6-8-19/h4-16H,3,17H2,1-2H3,(H,29,32)/b24-16+,30-27?. The van der Waals surface area contributed by atoms with Crippen LogP contribution in [0.15, 0.2) is 82.7 Å². The van der Waals surface area contributed by atoms with Gasteiger partial charge in [-0.05, 0) is 78.9 Å². The molecular weight excluding hydrogens is 498 g/mol. The first kappa shape index (κ1) is 25.3. The third-order valence-corrected chi connectivity index (χ3v) is 6.47. The van der Waals surface area contributed by atoms with Gasteiger partial charge in [0, 0.05) is 12.2 Å². The van der Waals surface area contributed by atoms with Crippen LogP contribution in [0.5, 0.6) is 11.5 Å². The van der Waals surface area contributed by atoms with Crippen molar-refractivity contribution in [2.75, 3.05) is 25.6 Å². The number of aliphatic imine (C=N–C) groups is 1. The molecule has 4 rings (SSSR count). The van der Waals surface area contributed by atoms with E-state index in [1.54, 1.807) is 48.4 Å². The first-order chi connectivity index (χ1) is 17.5. The normalized spacial score (nSPS) is 15.4. The molecule has 184 valence electrons. The molecule has 0 unspecified atom stereocenters. The smallest absolute Gasteiger partial charge is 0.266 e. The number of nitrogens with zero attached hydrogens (tertiary/aromatic N) is 2. The van der Waals surface area contributed by atoms with Crippen LogP contribution in [0.25, 0.3) is 6.08 Å². The lowest BCUT2D eigenvalue weighted by molar-refractivity contribution is -0.122. The predicted molar refractivity (Wildman–Crippen MR) is 145 cm³/mol. The number of thioether (sulfide) groups is 1. The Hall–Kier alpha value is -3.75. The predicted octanol–water partition coefficient (Wildman–Crippen LogP) is 5.99. The number of likely N-dealkylation sites (N-methyl/N-ethyl adjacent to an activating group) is 1. The van der Waals surface area contributed by atoms with E-state index >= 15 is 0 Å². The van der Waals surface area contributed by atoms with E-state index in [-0.39, 0.29) is 18.4 Å². The number of amidine groups is 1. The molecule has 1 aliphatic rings. The molecule has 0 aromatic heterocycles. The minimum atomic E-state index is -0.292. The van der Waals surface area contributed by atoms with Crippen molar-refractivity contribution in [2.45, 2.75) is 6.92 Å². The molecule has 3 aromatic carbocycles. The molecule has 3 aromatic rings. The maximum Gasteiger partial charge on any atom is 0.266 e. The molecule has 2 amide bonds. The van der Waals surface area contributed by atoms with Crippen molar-refractivity contribution in [1.29, 1.82) is 0 Å². The summed E-state index contributed by atoms with van der Waals surface area (Å²) in [6, 6.07) is 21.6. The highest BCUT2D eigenvalue weighted by Crippen LogP contribution is 2.35. The van der Waals surface area contributed by atoms with Crippen molar-refractivity contribution in [3.8, 4) is 11.5 Å². The minimum absolute atomic E-state index is 0.121. The van der Waals surface area contributed by atoms with Crippen LogP contribution in [-0.2, 0) is 9.59 Å². The van der Waals surface area contributed by atoms with Crippen LogP contribution >= 0.6 is 23.4 Å². The van der Waals surface area contributed by atoms with Gasteiger partial charge in [0.1, 0.15) is 11.5 Å². The summed E-state index contributed by atoms with van der Waals surface area (Å²) < 4.78 is 10.8. The first-order valence-electron chi connectivity index (χ1n) is 11.2. The molecular formula is C27H24ClN3O4S. The largest absolute Gasteiger partial charge is 0.497 e. The van der Waals surface area contributed by atoms with E-state index in [9.17, 15) is 9.59 Å². The average molecular weight is 522 g/mol. The second-order valence-electron chi connectivity index (χ2n) is 7.65. The maximum absolute atomic E-state index is 13.0. The molecule has 0 bridgehead atoms. The molecule has 1 fully saturated rings. The molecule has 0 radical (unpaired) electrons. The Bertz CT molecular complexity index is 1310. The van der Waals surface area contributed by atoms with Crippen LogP contribution in [0.1, 0.15) is 12.5 Å². The monoisotopic (exact) mass is 521 g/mol. The summed E-state index contributed by atoms with van der Waals surface area (Å²) in [5, 5.41) is 3.70. The van der Waals surface area contributed by atoms with E-state index in [4.69, 9.17) is 21.1 Å². The van der Waals surface area contributed by atoms with Gasteiger partial charge in [-0.1, -0.05) is 35.9 Å². The number of methoxy groups -OCH3 is 1. The summed E-state index contributed by atoms with van der Waals surface area (Å²) in [5.41, 5.74) is 2.15. The molecule has 1 saturated heterocycles. The lowest BCUT2D eigenvalue weighted by atomic mass is 10.2. The summed E-state index contributed by atoms with van der Waals surface area (Å²) in [6.07, 6.45) is 1.77. The zero-order valence-electron chi connectivity index (χ0n) is 19.7. The number of hydrogen-bond acceptors (Lipinski definition) is 6. The van der Waals surface area contributed by atoms with Gasteiger partial charge < -0.3 is 14.8 Å². The van der Waals surface area contributed by atoms with Crippen LogP contribution in [0.3, 0.4) is 0 Å². The third-order valence-electron chi connectivity index (χ3n) is 5.17. The maximum atomic E-state index is 13.0. The topological polar surface area (TPSA) is 80.2 Å². The van der Waals surface area contributed by atoms with Gasteiger partial charge in [0.15, 0.2) is 11.8 Å². The quantitative estimate of drug-likeness (QED) is 0.368. The fourth-order valence-corrected chi connectivity index (χ4v) is 4.68. The number of carbonyl (C=O) groups excluding carboxylic acids is 2. The van der Waals surface area contributed by atoms with E-state index in [0.717, 1.165) is 17.0 Å². The molecule has 1 heterocycles. The van der Waals surface area contributed by atoms with Crippen LogP contribution < -0.4 is 14.8 Å². The summed E-state index contributed by atoms with van der Waals surface area (Å²) in [7, 11) is 1.61. The molecule has 1 N–H and O–H groups in total. The van der Waals surface area contributed by atoms with Crippen LogP contribution in [0, 0.1) is 0 Å². The fraction of sp³-hybridized carbons (Fsp3) is 0.148. The SMILES string of the molecule is CCN1C(=O)/C(=C\c2ccc(OCC(=O)Nc3ccccc3)c(Cl)c2)SC1=Nc1ccc(OC)cc1. The molecule has 0 atom stereocenters. The Morgan fingerprint density at radius 2 is 1.86 bits per heavy atom. The summed E-state index contributed by atoms with van der Waals surface area (Å²) in [4.78, 5) is 31.9. The van der Waals surface area contributed by atoms with E-state index in [1.165, 1.54) is 11.8 Å². The Balaban J connectivity index is 1.44. The lowest BCUT2D eigenvalue weighted by Gasteiger charge is -2.12. The van der Waals surface area contributed by atoms with Gasteiger partial charge in [-0.25, -0.2) is 4.99 Å². The summed E-state index contributed by atoms with van der Waals surface area (Å²) in [6.45, 7) is 2.22. The average Bonchev–Trinajstić information content (AvgIpc) is 3.17. The molecule has 1 aliphatic heterocycles. The van der Waals surface area contributed by atoms with Crippen molar-refractivity contribution in [2.24, 2.45) is 4.99 Å². The van der Waals surface area contributed by atoms with E-state index < -0.39 is 0 Å². The van der Waals surface area contributed by atoms with Gasteiger partial charge in [0.05, 0.1) is 22.7 Å². The van der Waals surface area contributed by atoms with Crippen molar-refractivity contribution in [1.82, 2.24) is 4.90 Å². The molecule has 0 saturated carbocycles. The number of nitrogens with one attached hydrogen (secondary N) is 1.